The van der Waals surface area contributed by atoms with Gasteiger partial charge in [0.25, 0.3) is 0 Å². The van der Waals surface area contributed by atoms with E-state index < -0.39 is 0 Å². The summed E-state index contributed by atoms with van der Waals surface area (Å²) in [6.07, 6.45) is 3.03. The van der Waals surface area contributed by atoms with Crippen molar-refractivity contribution >= 4 is 40.3 Å². The van der Waals surface area contributed by atoms with Gasteiger partial charge in [0.1, 0.15) is 12.1 Å². The van der Waals surface area contributed by atoms with E-state index in [-0.39, 0.29) is 24.5 Å². The minimum Gasteiger partial charge on any atom is -0.367 e. The van der Waals surface area contributed by atoms with Gasteiger partial charge in [0.15, 0.2) is 0 Å². The van der Waals surface area contributed by atoms with Crippen LogP contribution >= 0.6 is 11.6 Å². The number of nitrogens with one attached hydrogen (secondary N) is 2. The van der Waals surface area contributed by atoms with Crippen molar-refractivity contribution in [1.29, 1.82) is 0 Å². The van der Waals surface area contributed by atoms with Gasteiger partial charge in [-0.15, -0.1) is 0 Å². The van der Waals surface area contributed by atoms with Gasteiger partial charge in [-0.3, -0.25) is 9.69 Å². The molecule has 2 aromatic rings. The number of halogens is 1. The third kappa shape index (κ3) is 3.56. The number of benzene rings is 1. The van der Waals surface area contributed by atoms with Crippen LogP contribution in [0.1, 0.15) is 19.8 Å². The first-order valence-corrected chi connectivity index (χ1v) is 8.17. The minimum atomic E-state index is -0.306. The van der Waals surface area contributed by atoms with Crippen LogP contribution < -0.4 is 10.6 Å². The molecule has 0 aliphatic carbocycles. The summed E-state index contributed by atoms with van der Waals surface area (Å²) in [5, 5.41) is 7.41. The number of urea groups is 1. The molecule has 2 N–H and O–H groups in total. The van der Waals surface area contributed by atoms with Gasteiger partial charge < -0.3 is 10.6 Å². The molecule has 1 unspecified atom stereocenters. The first-order chi connectivity index (χ1) is 11.5. The average Bonchev–Trinajstić information content (AvgIpc) is 2.86. The van der Waals surface area contributed by atoms with Crippen molar-refractivity contribution < 1.29 is 9.59 Å². The maximum Gasteiger partial charge on any atom is 0.324 e. The molecule has 7 nitrogen and oxygen atoms in total. The van der Waals surface area contributed by atoms with Gasteiger partial charge in [-0.25, -0.2) is 14.8 Å². The molecular weight excluding hydrogens is 330 g/mol. The van der Waals surface area contributed by atoms with Crippen LogP contribution in [0, 0.1) is 0 Å². The largest absolute Gasteiger partial charge is 0.367 e. The average molecular weight is 348 g/mol. The van der Waals surface area contributed by atoms with Crippen LogP contribution in [-0.4, -0.2) is 45.9 Å². The normalized spacial score (nSPS) is 15.7. The number of aromatic nitrogens is 2. The number of imide groups is 1. The Morgan fingerprint density at radius 2 is 2.21 bits per heavy atom. The fourth-order valence-electron chi connectivity index (χ4n) is 2.69. The maximum absolute atomic E-state index is 11.5. The standard InChI is InChI=1S/C16H18ClN5O2/c1-10(3-2-6-22-14(23)8-18-16(22)24)21-15-12-5-4-11(17)7-13(12)19-9-20-15/h4-5,7,9-10H,2-3,6,8H2,1H3,(H,18,24)(H,19,20,21). The molecule has 0 bridgehead atoms. The summed E-state index contributed by atoms with van der Waals surface area (Å²) in [5.74, 6) is 0.582. The van der Waals surface area contributed by atoms with Crippen molar-refractivity contribution in [3.05, 3.63) is 29.5 Å². The Morgan fingerprint density at radius 1 is 1.38 bits per heavy atom. The summed E-state index contributed by atoms with van der Waals surface area (Å²) in [6, 6.07) is 5.32. The summed E-state index contributed by atoms with van der Waals surface area (Å²) >= 11 is 5.99. The van der Waals surface area contributed by atoms with E-state index in [2.05, 4.69) is 20.6 Å². The molecule has 0 saturated carbocycles. The molecule has 1 atom stereocenters. The molecule has 1 aromatic heterocycles. The van der Waals surface area contributed by atoms with Crippen molar-refractivity contribution in [2.75, 3.05) is 18.4 Å². The monoisotopic (exact) mass is 347 g/mol. The molecule has 8 heteroatoms. The SMILES string of the molecule is CC(CCCN1C(=O)CNC1=O)Nc1ncnc2cc(Cl)ccc12. The fraction of sp³-hybridized carbons (Fsp3) is 0.375. The van der Waals surface area contributed by atoms with Crippen LogP contribution in [0.25, 0.3) is 10.9 Å². The predicted octanol–water partition coefficient (Wildman–Crippen LogP) is 2.42. The second-order valence-corrected chi connectivity index (χ2v) is 6.21. The zero-order valence-corrected chi connectivity index (χ0v) is 14.0. The molecule has 2 heterocycles. The van der Waals surface area contributed by atoms with Crippen molar-refractivity contribution in [2.24, 2.45) is 0 Å². The smallest absolute Gasteiger partial charge is 0.324 e. The predicted molar refractivity (Wildman–Crippen MR) is 92.0 cm³/mol. The van der Waals surface area contributed by atoms with Crippen LogP contribution in [-0.2, 0) is 4.79 Å². The molecule has 1 saturated heterocycles. The molecule has 0 spiro atoms. The Bertz CT molecular complexity index is 766. The van der Waals surface area contributed by atoms with Crippen molar-refractivity contribution in [3.8, 4) is 0 Å². The highest BCUT2D eigenvalue weighted by atomic mass is 35.5. The zero-order valence-electron chi connectivity index (χ0n) is 13.3. The van der Waals surface area contributed by atoms with Gasteiger partial charge in [0.05, 0.1) is 12.1 Å². The van der Waals surface area contributed by atoms with E-state index in [0.29, 0.717) is 11.6 Å². The van der Waals surface area contributed by atoms with E-state index in [9.17, 15) is 9.59 Å². The topological polar surface area (TPSA) is 87.2 Å². The molecule has 126 valence electrons. The Labute approximate surface area is 144 Å². The lowest BCUT2D eigenvalue weighted by atomic mass is 10.1. The number of nitrogens with zero attached hydrogens (tertiary/aromatic N) is 3. The Hall–Kier alpha value is -2.41. The second kappa shape index (κ2) is 7.00. The summed E-state index contributed by atoms with van der Waals surface area (Å²) in [6.45, 7) is 2.56. The lowest BCUT2D eigenvalue weighted by Gasteiger charge is -2.17. The van der Waals surface area contributed by atoms with Gasteiger partial charge in [-0.1, -0.05) is 11.6 Å². The molecule has 1 aromatic carbocycles. The summed E-state index contributed by atoms with van der Waals surface area (Å²) in [4.78, 5) is 32.8. The molecule has 1 aliphatic rings. The van der Waals surface area contributed by atoms with Crippen LogP contribution in [0.15, 0.2) is 24.5 Å². The van der Waals surface area contributed by atoms with Gasteiger partial charge in [0.2, 0.25) is 5.91 Å². The lowest BCUT2D eigenvalue weighted by Crippen LogP contribution is -2.32. The van der Waals surface area contributed by atoms with E-state index in [4.69, 9.17) is 11.6 Å². The van der Waals surface area contributed by atoms with Crippen LogP contribution in [0.4, 0.5) is 10.6 Å². The molecule has 0 radical (unpaired) electrons. The Balaban J connectivity index is 1.58. The number of rotatable bonds is 6. The van der Waals surface area contributed by atoms with E-state index in [0.717, 1.165) is 29.6 Å². The van der Waals surface area contributed by atoms with Crippen molar-refractivity contribution in [2.45, 2.75) is 25.8 Å². The van der Waals surface area contributed by atoms with E-state index in [1.54, 1.807) is 12.1 Å². The number of amides is 3. The fourth-order valence-corrected chi connectivity index (χ4v) is 2.85. The van der Waals surface area contributed by atoms with Gasteiger partial charge >= 0.3 is 6.03 Å². The zero-order chi connectivity index (χ0) is 17.1. The number of carbonyl (C=O) groups excluding carboxylic acids is 2. The number of hydrogen-bond donors (Lipinski definition) is 2. The molecule has 1 aliphatic heterocycles. The van der Waals surface area contributed by atoms with Crippen LogP contribution in [0.5, 0.6) is 0 Å². The molecule has 3 amide bonds. The van der Waals surface area contributed by atoms with Gasteiger partial charge in [-0.05, 0) is 38.0 Å². The first-order valence-electron chi connectivity index (χ1n) is 7.79. The number of carbonyl (C=O) groups is 2. The molecule has 24 heavy (non-hydrogen) atoms. The van der Waals surface area contributed by atoms with E-state index >= 15 is 0 Å². The summed E-state index contributed by atoms with van der Waals surface area (Å²) in [7, 11) is 0. The third-order valence-corrected chi connectivity index (χ3v) is 4.17. The summed E-state index contributed by atoms with van der Waals surface area (Å²) in [5.41, 5.74) is 0.784. The third-order valence-electron chi connectivity index (χ3n) is 3.94. The minimum absolute atomic E-state index is 0.0993. The van der Waals surface area contributed by atoms with E-state index in [1.807, 2.05) is 13.0 Å². The molecule has 1 fully saturated rings. The van der Waals surface area contributed by atoms with Gasteiger partial charge in [0, 0.05) is 23.0 Å². The molecule has 3 rings (SSSR count). The number of anilines is 1. The first kappa shape index (κ1) is 16.4. The van der Waals surface area contributed by atoms with Gasteiger partial charge in [-0.2, -0.15) is 0 Å². The lowest BCUT2D eigenvalue weighted by molar-refractivity contribution is -0.125. The Morgan fingerprint density at radius 3 is 2.96 bits per heavy atom. The van der Waals surface area contributed by atoms with Crippen molar-refractivity contribution in [3.63, 3.8) is 0 Å². The van der Waals surface area contributed by atoms with Crippen LogP contribution in [0.2, 0.25) is 5.02 Å². The van der Waals surface area contributed by atoms with E-state index in [1.165, 1.54) is 11.2 Å². The van der Waals surface area contributed by atoms with Crippen LogP contribution in [0.3, 0.4) is 0 Å². The number of hydrogen-bond acceptors (Lipinski definition) is 5. The highest BCUT2D eigenvalue weighted by molar-refractivity contribution is 6.31. The molecular formula is C16H18ClN5O2. The number of fused-ring (bicyclic) bond motifs is 1. The highest BCUT2D eigenvalue weighted by Gasteiger charge is 2.27. The van der Waals surface area contributed by atoms with Crippen molar-refractivity contribution in [1.82, 2.24) is 20.2 Å². The highest BCUT2D eigenvalue weighted by Crippen LogP contribution is 2.23. The Kier molecular flexibility index (Phi) is 4.80. The maximum atomic E-state index is 11.5. The quantitative estimate of drug-likeness (QED) is 0.783. The second-order valence-electron chi connectivity index (χ2n) is 5.78. The summed E-state index contributed by atoms with van der Waals surface area (Å²) < 4.78 is 0.